The third kappa shape index (κ3) is 4.07. The molecular weight excluding hydrogens is 304 g/mol. The third-order valence-electron chi connectivity index (χ3n) is 4.20. The van der Waals surface area contributed by atoms with E-state index < -0.39 is 11.9 Å². The maximum Gasteiger partial charge on any atom is 0.311 e. The first kappa shape index (κ1) is 17.9. The highest BCUT2D eigenvalue weighted by atomic mass is 16.5. The molecular formula is C20H24O4. The molecule has 0 aromatic heterocycles. The molecule has 0 fully saturated rings. The number of carboxylic acids is 1. The molecule has 2 aromatic carbocycles. The maximum atomic E-state index is 11.9. The van der Waals surface area contributed by atoms with E-state index in [2.05, 4.69) is 26.0 Å². The second-order valence-corrected chi connectivity index (χ2v) is 6.10. The van der Waals surface area contributed by atoms with Gasteiger partial charge in [-0.15, -0.1) is 0 Å². The fraction of sp³-hybridized carbons (Fsp3) is 0.350. The molecule has 2 rings (SSSR count). The zero-order valence-electron chi connectivity index (χ0n) is 14.6. The quantitative estimate of drug-likeness (QED) is 0.826. The largest absolute Gasteiger partial charge is 0.497 e. The Hall–Kier alpha value is -2.49. The number of benzene rings is 2. The van der Waals surface area contributed by atoms with Gasteiger partial charge in [0.1, 0.15) is 11.5 Å². The van der Waals surface area contributed by atoms with Crippen molar-refractivity contribution in [3.8, 4) is 11.5 Å². The topological polar surface area (TPSA) is 55.8 Å². The lowest BCUT2D eigenvalue weighted by Crippen LogP contribution is -2.15. The minimum absolute atomic E-state index is 0.400. The Morgan fingerprint density at radius 3 is 2.21 bits per heavy atom. The van der Waals surface area contributed by atoms with E-state index in [0.717, 1.165) is 5.56 Å². The van der Waals surface area contributed by atoms with Gasteiger partial charge in [-0.25, -0.2) is 0 Å². The molecule has 1 unspecified atom stereocenters. The van der Waals surface area contributed by atoms with Crippen LogP contribution < -0.4 is 9.47 Å². The van der Waals surface area contributed by atoms with Crippen molar-refractivity contribution in [1.82, 2.24) is 0 Å². The summed E-state index contributed by atoms with van der Waals surface area (Å²) < 4.78 is 10.6. The smallest absolute Gasteiger partial charge is 0.311 e. The summed E-state index contributed by atoms with van der Waals surface area (Å²) in [7, 11) is 3.10. The van der Waals surface area contributed by atoms with Crippen LogP contribution in [0.2, 0.25) is 0 Å². The minimum atomic E-state index is -0.880. The van der Waals surface area contributed by atoms with E-state index >= 15 is 0 Å². The Balaban J connectivity index is 2.34. The van der Waals surface area contributed by atoms with E-state index in [-0.39, 0.29) is 0 Å². The molecule has 0 amide bonds. The predicted octanol–water partition coefficient (Wildman–Crippen LogP) is 4.24. The molecule has 2 aromatic rings. The molecule has 0 aliphatic heterocycles. The molecule has 0 radical (unpaired) electrons. The van der Waals surface area contributed by atoms with Gasteiger partial charge >= 0.3 is 5.97 Å². The minimum Gasteiger partial charge on any atom is -0.497 e. The zero-order valence-corrected chi connectivity index (χ0v) is 14.6. The van der Waals surface area contributed by atoms with Gasteiger partial charge in [-0.1, -0.05) is 38.1 Å². The summed E-state index contributed by atoms with van der Waals surface area (Å²) in [6.45, 7) is 4.27. The van der Waals surface area contributed by atoms with Crippen LogP contribution in [0, 0.1) is 0 Å². The number of carboxylic acid groups (broad SMARTS) is 1. The van der Waals surface area contributed by atoms with Gasteiger partial charge in [0.25, 0.3) is 0 Å². The molecule has 0 saturated carbocycles. The van der Waals surface area contributed by atoms with Crippen molar-refractivity contribution in [3.05, 3.63) is 59.2 Å². The maximum absolute atomic E-state index is 11.9. The van der Waals surface area contributed by atoms with Crippen LogP contribution in [0.15, 0.2) is 42.5 Å². The van der Waals surface area contributed by atoms with E-state index in [4.69, 9.17) is 9.47 Å². The Morgan fingerprint density at radius 1 is 1.04 bits per heavy atom. The number of carbonyl (C=O) groups is 1. The van der Waals surface area contributed by atoms with E-state index in [1.807, 2.05) is 12.1 Å². The third-order valence-corrected chi connectivity index (χ3v) is 4.20. The molecule has 0 aliphatic carbocycles. The highest BCUT2D eigenvalue weighted by Gasteiger charge is 2.24. The number of hydrogen-bond acceptors (Lipinski definition) is 3. The lowest BCUT2D eigenvalue weighted by Gasteiger charge is -2.18. The van der Waals surface area contributed by atoms with Gasteiger partial charge in [0.05, 0.1) is 20.1 Å². The van der Waals surface area contributed by atoms with Gasteiger partial charge in [0, 0.05) is 5.56 Å². The second-order valence-electron chi connectivity index (χ2n) is 6.10. The first-order chi connectivity index (χ1) is 11.5. The number of hydrogen-bond donors (Lipinski definition) is 1. The van der Waals surface area contributed by atoms with E-state index in [0.29, 0.717) is 29.4 Å². The van der Waals surface area contributed by atoms with Crippen LogP contribution in [0.3, 0.4) is 0 Å². The van der Waals surface area contributed by atoms with Gasteiger partial charge in [-0.2, -0.15) is 0 Å². The van der Waals surface area contributed by atoms with Crippen molar-refractivity contribution in [2.24, 2.45) is 0 Å². The van der Waals surface area contributed by atoms with Crippen molar-refractivity contribution in [3.63, 3.8) is 0 Å². The predicted molar refractivity (Wildman–Crippen MR) is 94.2 cm³/mol. The van der Waals surface area contributed by atoms with Crippen molar-refractivity contribution < 1.29 is 19.4 Å². The summed E-state index contributed by atoms with van der Waals surface area (Å²) in [5.74, 6) is 0.0523. The van der Waals surface area contributed by atoms with Gasteiger partial charge in [0.15, 0.2) is 0 Å². The van der Waals surface area contributed by atoms with Crippen molar-refractivity contribution >= 4 is 5.97 Å². The molecule has 0 heterocycles. The van der Waals surface area contributed by atoms with Gasteiger partial charge < -0.3 is 14.6 Å². The molecule has 1 atom stereocenters. The number of methoxy groups -OCH3 is 2. The Kier molecular flexibility index (Phi) is 5.85. The summed E-state index contributed by atoms with van der Waals surface area (Å²) in [6.07, 6.45) is 0.400. The van der Waals surface area contributed by atoms with Crippen LogP contribution in [0.25, 0.3) is 0 Å². The van der Waals surface area contributed by atoms with Gasteiger partial charge in [-0.3, -0.25) is 4.79 Å². The normalized spacial score (nSPS) is 12.0. The monoisotopic (exact) mass is 328 g/mol. The zero-order chi connectivity index (χ0) is 17.7. The lowest BCUT2D eigenvalue weighted by atomic mass is 9.90. The van der Waals surface area contributed by atoms with Crippen LogP contribution in [0.5, 0.6) is 11.5 Å². The molecule has 4 nitrogen and oxygen atoms in total. The van der Waals surface area contributed by atoms with Crippen molar-refractivity contribution in [2.75, 3.05) is 14.2 Å². The highest BCUT2D eigenvalue weighted by molar-refractivity contribution is 5.78. The fourth-order valence-electron chi connectivity index (χ4n) is 2.72. The highest BCUT2D eigenvalue weighted by Crippen LogP contribution is 2.33. The van der Waals surface area contributed by atoms with Crippen LogP contribution in [-0.4, -0.2) is 25.3 Å². The molecule has 0 aliphatic rings. The van der Waals surface area contributed by atoms with Crippen molar-refractivity contribution in [1.29, 1.82) is 0 Å². The molecule has 24 heavy (non-hydrogen) atoms. The Bertz CT molecular complexity index is 689. The molecule has 128 valence electrons. The van der Waals surface area contributed by atoms with E-state index in [1.54, 1.807) is 32.4 Å². The van der Waals surface area contributed by atoms with E-state index in [1.165, 1.54) is 5.56 Å². The summed E-state index contributed by atoms with van der Waals surface area (Å²) in [5.41, 5.74) is 2.85. The Labute approximate surface area is 143 Å². The average Bonchev–Trinajstić information content (AvgIpc) is 2.59. The first-order valence-electron chi connectivity index (χ1n) is 7.99. The standard InChI is InChI=1S/C20H24O4/c1-13(2)15-7-5-14(6-8-15)11-18(20(21)22)17-12-16(23-3)9-10-19(17)24-4/h5-10,12-13,18H,11H2,1-4H3,(H,21,22). The number of rotatable bonds is 7. The summed E-state index contributed by atoms with van der Waals surface area (Å²) in [5, 5.41) is 9.72. The summed E-state index contributed by atoms with van der Waals surface area (Å²) in [6, 6.07) is 13.4. The molecule has 0 bridgehead atoms. The second kappa shape index (κ2) is 7.86. The number of aliphatic carboxylic acids is 1. The van der Waals surface area contributed by atoms with Crippen LogP contribution in [0.4, 0.5) is 0 Å². The van der Waals surface area contributed by atoms with Gasteiger partial charge in [-0.05, 0) is 41.7 Å². The van der Waals surface area contributed by atoms with Crippen LogP contribution in [0.1, 0.15) is 42.4 Å². The first-order valence-corrected chi connectivity index (χ1v) is 7.99. The van der Waals surface area contributed by atoms with Gasteiger partial charge in [0.2, 0.25) is 0 Å². The SMILES string of the molecule is COc1ccc(OC)c(C(Cc2ccc(C(C)C)cc2)C(=O)O)c1. The van der Waals surface area contributed by atoms with Crippen LogP contribution in [-0.2, 0) is 11.2 Å². The number of ether oxygens (including phenoxy) is 2. The Morgan fingerprint density at radius 2 is 1.71 bits per heavy atom. The lowest BCUT2D eigenvalue weighted by molar-refractivity contribution is -0.138. The summed E-state index contributed by atoms with van der Waals surface area (Å²) >= 11 is 0. The molecule has 0 saturated heterocycles. The van der Waals surface area contributed by atoms with E-state index in [9.17, 15) is 9.90 Å². The molecule has 4 heteroatoms. The van der Waals surface area contributed by atoms with Crippen LogP contribution >= 0.6 is 0 Å². The fourth-order valence-corrected chi connectivity index (χ4v) is 2.72. The van der Waals surface area contributed by atoms with Crippen molar-refractivity contribution in [2.45, 2.75) is 32.1 Å². The summed E-state index contributed by atoms with van der Waals surface area (Å²) in [4.78, 5) is 11.9. The average molecular weight is 328 g/mol. The molecule has 1 N–H and O–H groups in total. The molecule has 0 spiro atoms.